The first-order valence-corrected chi connectivity index (χ1v) is 12.2. The molecule has 1 aliphatic heterocycles. The van der Waals surface area contributed by atoms with Crippen molar-refractivity contribution in [1.29, 1.82) is 0 Å². The molecule has 0 aromatic heterocycles. The Hall–Kier alpha value is -0.650. The zero-order valence-electron chi connectivity index (χ0n) is 17.7. The molecule has 1 saturated carbocycles. The maximum absolute atomic E-state index is 5.94. The van der Waals surface area contributed by atoms with Crippen molar-refractivity contribution in [2.24, 2.45) is 5.92 Å². The summed E-state index contributed by atoms with van der Waals surface area (Å²) < 4.78 is 5.48. The molecule has 0 aromatic carbocycles. The van der Waals surface area contributed by atoms with Gasteiger partial charge in [0.1, 0.15) is 0 Å². The van der Waals surface area contributed by atoms with Gasteiger partial charge >= 0.3 is 0 Å². The molecule has 3 rings (SSSR count). The van der Waals surface area contributed by atoms with E-state index in [0.717, 1.165) is 57.0 Å². The highest BCUT2D eigenvalue weighted by molar-refractivity contribution is 7.80. The van der Waals surface area contributed by atoms with Gasteiger partial charge in [0.2, 0.25) is 0 Å². The first-order valence-electron chi connectivity index (χ1n) is 11.8. The van der Waals surface area contributed by atoms with Gasteiger partial charge in [-0.15, -0.1) is 0 Å². The second-order valence-corrected chi connectivity index (χ2v) is 9.28. The summed E-state index contributed by atoms with van der Waals surface area (Å²) in [5.41, 5.74) is 0. The van der Waals surface area contributed by atoms with Gasteiger partial charge in [0.05, 0.1) is 13.2 Å². The van der Waals surface area contributed by atoms with Crippen molar-refractivity contribution >= 4 is 17.3 Å². The van der Waals surface area contributed by atoms with E-state index in [1.54, 1.807) is 0 Å². The van der Waals surface area contributed by atoms with Gasteiger partial charge in [-0.2, -0.15) is 0 Å². The first-order chi connectivity index (χ1) is 13.8. The molecule has 1 atom stereocenters. The summed E-state index contributed by atoms with van der Waals surface area (Å²) in [6, 6.07) is 0.584. The van der Waals surface area contributed by atoms with Crippen molar-refractivity contribution in [3.63, 3.8) is 0 Å². The number of morpholine rings is 1. The number of nitrogens with one attached hydrogen (secondary N) is 1. The van der Waals surface area contributed by atoms with Gasteiger partial charge in [0.15, 0.2) is 5.11 Å². The van der Waals surface area contributed by atoms with Crippen LogP contribution in [0.2, 0.25) is 0 Å². The molecule has 2 fully saturated rings. The highest BCUT2D eigenvalue weighted by Gasteiger charge is 2.20. The van der Waals surface area contributed by atoms with Crippen LogP contribution >= 0.6 is 12.2 Å². The van der Waals surface area contributed by atoms with Crippen LogP contribution in [-0.2, 0) is 4.74 Å². The zero-order chi connectivity index (χ0) is 19.4. The van der Waals surface area contributed by atoms with Crippen LogP contribution in [0.3, 0.4) is 0 Å². The molecule has 2 aliphatic carbocycles. The second kappa shape index (κ2) is 12.8. The van der Waals surface area contributed by atoms with Crippen molar-refractivity contribution in [3.8, 4) is 0 Å². The van der Waals surface area contributed by atoms with Gasteiger partial charge < -0.3 is 15.0 Å². The fourth-order valence-electron chi connectivity index (χ4n) is 4.79. The predicted octanol–water partition coefficient (Wildman–Crippen LogP) is 4.35. The Bertz CT molecular complexity index is 470. The van der Waals surface area contributed by atoms with Crippen LogP contribution in [0.1, 0.15) is 70.6 Å². The molecule has 0 radical (unpaired) electrons. The van der Waals surface area contributed by atoms with Crippen LogP contribution in [0.15, 0.2) is 12.2 Å². The Kier molecular flexibility index (Phi) is 10.1. The largest absolute Gasteiger partial charge is 0.379 e. The lowest BCUT2D eigenvalue weighted by molar-refractivity contribution is 0.0367. The Labute approximate surface area is 178 Å². The van der Waals surface area contributed by atoms with Crippen LogP contribution in [0.5, 0.6) is 0 Å². The van der Waals surface area contributed by atoms with Gasteiger partial charge in [-0.1, -0.05) is 44.3 Å². The van der Waals surface area contributed by atoms with Crippen molar-refractivity contribution in [3.05, 3.63) is 12.2 Å². The van der Waals surface area contributed by atoms with E-state index in [4.69, 9.17) is 17.0 Å². The van der Waals surface area contributed by atoms with E-state index < -0.39 is 0 Å². The molecule has 3 aliphatic rings. The molecule has 1 unspecified atom stereocenters. The average Bonchev–Trinajstić information content (AvgIpc) is 2.70. The third-order valence-corrected chi connectivity index (χ3v) is 6.96. The summed E-state index contributed by atoms with van der Waals surface area (Å²) in [5.74, 6) is 0.755. The quantitative estimate of drug-likeness (QED) is 0.500. The molecule has 1 heterocycles. The minimum absolute atomic E-state index is 0.584. The van der Waals surface area contributed by atoms with Crippen LogP contribution in [0, 0.1) is 5.92 Å². The SMILES string of the molecule is S=C(NC1CCCCCCC1)N(CCCN1CCOCC1)CC1CC=CCC1. The van der Waals surface area contributed by atoms with E-state index in [1.807, 2.05) is 0 Å². The third kappa shape index (κ3) is 8.00. The summed E-state index contributed by atoms with van der Waals surface area (Å²) in [5, 5.41) is 4.79. The van der Waals surface area contributed by atoms with Crippen LogP contribution < -0.4 is 5.32 Å². The van der Waals surface area contributed by atoms with E-state index in [9.17, 15) is 0 Å². The Morgan fingerprint density at radius 3 is 2.50 bits per heavy atom. The molecular weight excluding hydrogens is 366 g/mol. The topological polar surface area (TPSA) is 27.7 Å². The van der Waals surface area contributed by atoms with E-state index >= 15 is 0 Å². The van der Waals surface area contributed by atoms with E-state index in [-0.39, 0.29) is 0 Å². The predicted molar refractivity (Wildman–Crippen MR) is 122 cm³/mol. The van der Waals surface area contributed by atoms with Crippen LogP contribution in [-0.4, -0.2) is 66.9 Å². The number of hydrogen-bond donors (Lipinski definition) is 1. The third-order valence-electron chi connectivity index (χ3n) is 6.58. The molecule has 28 heavy (non-hydrogen) atoms. The lowest BCUT2D eigenvalue weighted by atomic mass is 9.94. The van der Waals surface area contributed by atoms with Gasteiger partial charge in [0.25, 0.3) is 0 Å². The maximum atomic E-state index is 5.94. The molecule has 0 spiro atoms. The van der Waals surface area contributed by atoms with Crippen molar-refractivity contribution in [2.45, 2.75) is 76.7 Å². The molecule has 0 amide bonds. The standard InChI is InChI=1S/C23H41N3OS/c28-23(24-22-12-7-2-1-3-8-13-22)26(20-21-10-5-4-6-11-21)15-9-14-25-16-18-27-19-17-25/h4-5,21-22H,1-3,6-20H2,(H,24,28). The monoisotopic (exact) mass is 407 g/mol. The Balaban J connectivity index is 1.49. The number of rotatable bonds is 7. The number of thiocarbonyl (C=S) groups is 1. The first kappa shape index (κ1) is 22.0. The molecule has 5 heteroatoms. The Morgan fingerprint density at radius 2 is 1.79 bits per heavy atom. The number of ether oxygens (including phenoxy) is 1. The number of hydrogen-bond acceptors (Lipinski definition) is 3. The van der Waals surface area contributed by atoms with Crippen LogP contribution in [0.25, 0.3) is 0 Å². The van der Waals surface area contributed by atoms with E-state index in [1.165, 1.54) is 70.6 Å². The van der Waals surface area contributed by atoms with Crippen molar-refractivity contribution in [2.75, 3.05) is 45.9 Å². The number of allylic oxidation sites excluding steroid dienone is 2. The number of nitrogens with zero attached hydrogens (tertiary/aromatic N) is 2. The van der Waals surface area contributed by atoms with Gasteiger partial charge in [0, 0.05) is 38.8 Å². The fourth-order valence-corrected chi connectivity index (χ4v) is 5.12. The normalized spacial score (nSPS) is 25.1. The Morgan fingerprint density at radius 1 is 1.04 bits per heavy atom. The maximum Gasteiger partial charge on any atom is 0.169 e. The molecule has 1 saturated heterocycles. The van der Waals surface area contributed by atoms with Gasteiger partial charge in [-0.25, -0.2) is 0 Å². The molecule has 0 bridgehead atoms. The van der Waals surface area contributed by atoms with Crippen LogP contribution in [0.4, 0.5) is 0 Å². The smallest absolute Gasteiger partial charge is 0.169 e. The minimum atomic E-state index is 0.584. The van der Waals surface area contributed by atoms with Gasteiger partial charge in [-0.05, 0) is 56.7 Å². The van der Waals surface area contributed by atoms with E-state index in [2.05, 4.69) is 27.3 Å². The molecular formula is C23H41N3OS. The molecule has 4 nitrogen and oxygen atoms in total. The lowest BCUT2D eigenvalue weighted by Gasteiger charge is -2.34. The second-order valence-electron chi connectivity index (χ2n) is 8.90. The van der Waals surface area contributed by atoms with Crippen molar-refractivity contribution < 1.29 is 4.74 Å². The molecule has 1 N–H and O–H groups in total. The summed E-state index contributed by atoms with van der Waals surface area (Å²) >= 11 is 5.94. The molecule has 160 valence electrons. The summed E-state index contributed by atoms with van der Waals surface area (Å²) in [6.07, 6.45) is 19.1. The minimum Gasteiger partial charge on any atom is -0.379 e. The molecule has 0 aromatic rings. The zero-order valence-corrected chi connectivity index (χ0v) is 18.6. The van der Waals surface area contributed by atoms with E-state index in [0.29, 0.717) is 6.04 Å². The fraction of sp³-hybridized carbons (Fsp3) is 0.870. The summed E-state index contributed by atoms with van der Waals surface area (Å²) in [4.78, 5) is 5.04. The summed E-state index contributed by atoms with van der Waals surface area (Å²) in [7, 11) is 0. The van der Waals surface area contributed by atoms with Gasteiger partial charge in [-0.3, -0.25) is 4.90 Å². The highest BCUT2D eigenvalue weighted by atomic mass is 32.1. The van der Waals surface area contributed by atoms with Crippen molar-refractivity contribution in [1.82, 2.24) is 15.1 Å². The highest BCUT2D eigenvalue weighted by Crippen LogP contribution is 2.21. The average molecular weight is 408 g/mol. The summed E-state index contributed by atoms with van der Waals surface area (Å²) in [6.45, 7) is 7.30. The lowest BCUT2D eigenvalue weighted by Crippen LogP contribution is -2.47.